The van der Waals surface area contributed by atoms with Gasteiger partial charge in [0.2, 0.25) is 0 Å². The molecule has 0 amide bonds. The molecule has 0 atom stereocenters. The molecule has 0 aliphatic carbocycles. The Morgan fingerprint density at radius 2 is 2.08 bits per heavy atom. The van der Waals surface area contributed by atoms with Gasteiger partial charge < -0.3 is 15.1 Å². The van der Waals surface area contributed by atoms with E-state index in [2.05, 4.69) is 29.1 Å². The molecule has 0 radical (unpaired) electrons. The topological polar surface area (TPSA) is 30.9 Å². The van der Waals surface area contributed by atoms with Crippen LogP contribution in [0.2, 0.25) is 0 Å². The molecule has 1 heterocycles. The lowest BCUT2D eigenvalue weighted by atomic mass is 9.93. The first-order chi connectivity index (χ1) is 10.8. The lowest BCUT2D eigenvalue weighted by molar-refractivity contribution is 0.370. The maximum Gasteiger partial charge on any atom is 0.193 e. The van der Waals surface area contributed by atoms with E-state index >= 15 is 0 Å². The van der Waals surface area contributed by atoms with Crippen LogP contribution < -0.4 is 5.32 Å². The fraction of sp³-hybridized carbons (Fsp3) is 0.611. The Labute approximate surface area is 162 Å². The second-order valence-corrected chi connectivity index (χ2v) is 7.40. The summed E-state index contributed by atoms with van der Waals surface area (Å²) in [7, 11) is 5.71. The second kappa shape index (κ2) is 8.99. The van der Waals surface area contributed by atoms with Crippen molar-refractivity contribution in [2.75, 3.05) is 34.2 Å². The summed E-state index contributed by atoms with van der Waals surface area (Å²) >= 11 is 0. The third-order valence-electron chi connectivity index (χ3n) is 4.24. The zero-order chi connectivity index (χ0) is 17.0. The van der Waals surface area contributed by atoms with Crippen molar-refractivity contribution in [3.63, 3.8) is 0 Å². The third kappa shape index (κ3) is 5.88. The average Bonchev–Trinajstić information content (AvgIpc) is 2.82. The zero-order valence-electron chi connectivity index (χ0n) is 15.4. The summed E-state index contributed by atoms with van der Waals surface area (Å²) in [6, 6.07) is 5.32. The molecule has 1 N–H and O–H groups in total. The molecule has 6 heteroatoms. The van der Waals surface area contributed by atoms with E-state index in [1.54, 1.807) is 6.07 Å². The molecule has 0 unspecified atom stereocenters. The van der Waals surface area contributed by atoms with Crippen molar-refractivity contribution in [3.8, 4) is 0 Å². The first-order valence-electron chi connectivity index (χ1n) is 8.18. The predicted molar refractivity (Wildman–Crippen MR) is 109 cm³/mol. The molecule has 1 aromatic carbocycles. The highest BCUT2D eigenvalue weighted by Gasteiger charge is 2.30. The minimum Gasteiger partial charge on any atom is -0.352 e. The van der Waals surface area contributed by atoms with Gasteiger partial charge in [-0.15, -0.1) is 24.0 Å². The number of nitrogens with zero attached hydrogens (tertiary/aromatic N) is 3. The molecule has 0 saturated carbocycles. The number of hydrogen-bond donors (Lipinski definition) is 1. The summed E-state index contributed by atoms with van der Waals surface area (Å²) in [6.45, 7) is 7.88. The highest BCUT2D eigenvalue weighted by Crippen LogP contribution is 2.28. The van der Waals surface area contributed by atoms with E-state index < -0.39 is 0 Å². The molecular weight excluding hydrogens is 418 g/mol. The molecule has 1 fully saturated rings. The van der Waals surface area contributed by atoms with E-state index in [0.717, 1.165) is 30.2 Å². The van der Waals surface area contributed by atoms with Crippen LogP contribution in [0.3, 0.4) is 0 Å². The molecule has 24 heavy (non-hydrogen) atoms. The number of benzene rings is 1. The van der Waals surface area contributed by atoms with Gasteiger partial charge in [-0.05, 0) is 43.6 Å². The quantitative estimate of drug-likeness (QED) is 0.436. The van der Waals surface area contributed by atoms with Crippen LogP contribution >= 0.6 is 24.0 Å². The summed E-state index contributed by atoms with van der Waals surface area (Å²) in [5.74, 6) is 0.780. The van der Waals surface area contributed by atoms with E-state index in [4.69, 9.17) is 0 Å². The number of guanidine groups is 1. The maximum absolute atomic E-state index is 13.8. The average molecular weight is 448 g/mol. The smallest absolute Gasteiger partial charge is 0.193 e. The maximum atomic E-state index is 13.8. The number of nitrogens with one attached hydrogen (secondary N) is 1. The van der Waals surface area contributed by atoms with Crippen LogP contribution in [-0.2, 0) is 13.1 Å². The summed E-state index contributed by atoms with van der Waals surface area (Å²) in [6.07, 6.45) is 1.18. The van der Waals surface area contributed by atoms with E-state index in [1.165, 1.54) is 6.42 Å². The van der Waals surface area contributed by atoms with Crippen molar-refractivity contribution >= 4 is 29.9 Å². The van der Waals surface area contributed by atoms with Gasteiger partial charge in [-0.3, -0.25) is 4.99 Å². The first kappa shape index (κ1) is 21.2. The molecule has 0 aromatic heterocycles. The Kier molecular flexibility index (Phi) is 7.92. The fourth-order valence-corrected chi connectivity index (χ4v) is 3.01. The van der Waals surface area contributed by atoms with Crippen molar-refractivity contribution in [2.24, 2.45) is 10.4 Å². The Hall–Kier alpha value is -0.890. The number of hydrogen-bond acceptors (Lipinski definition) is 2. The number of rotatable bonds is 4. The molecule has 2 rings (SSSR count). The van der Waals surface area contributed by atoms with Crippen LogP contribution in [0.4, 0.5) is 4.39 Å². The molecule has 1 aliphatic heterocycles. The van der Waals surface area contributed by atoms with Crippen molar-refractivity contribution < 1.29 is 4.39 Å². The van der Waals surface area contributed by atoms with Gasteiger partial charge >= 0.3 is 0 Å². The van der Waals surface area contributed by atoms with E-state index in [1.807, 2.05) is 38.2 Å². The monoisotopic (exact) mass is 448 g/mol. The molecule has 0 bridgehead atoms. The van der Waals surface area contributed by atoms with E-state index in [9.17, 15) is 4.39 Å². The summed E-state index contributed by atoms with van der Waals surface area (Å²) < 4.78 is 13.8. The van der Waals surface area contributed by atoms with Crippen molar-refractivity contribution in [1.82, 2.24) is 15.1 Å². The van der Waals surface area contributed by atoms with E-state index in [0.29, 0.717) is 18.5 Å². The zero-order valence-corrected chi connectivity index (χ0v) is 17.7. The van der Waals surface area contributed by atoms with Crippen LogP contribution in [0.5, 0.6) is 0 Å². The van der Waals surface area contributed by atoms with Crippen LogP contribution in [0.25, 0.3) is 0 Å². The first-order valence-corrected chi connectivity index (χ1v) is 8.18. The Balaban J connectivity index is 0.00000288. The summed E-state index contributed by atoms with van der Waals surface area (Å²) in [5, 5.41) is 3.41. The Morgan fingerprint density at radius 3 is 2.62 bits per heavy atom. The van der Waals surface area contributed by atoms with Crippen LogP contribution in [0, 0.1) is 11.2 Å². The van der Waals surface area contributed by atoms with Crippen molar-refractivity contribution in [2.45, 2.75) is 33.4 Å². The fourth-order valence-electron chi connectivity index (χ4n) is 3.01. The standard InChI is InChI=1S/C18H29FN4.HI/c1-18(2)8-9-23(13-18)17(20-3)21-11-14-6-7-16(19)15(10-14)12-22(4)5;/h6-7,10H,8-9,11-13H2,1-5H3,(H,20,21);1H. The SMILES string of the molecule is CN=C(NCc1ccc(F)c(CN(C)C)c1)N1CCC(C)(C)C1.I. The van der Waals surface area contributed by atoms with Gasteiger partial charge in [0, 0.05) is 38.8 Å². The van der Waals surface area contributed by atoms with Gasteiger partial charge in [-0.2, -0.15) is 0 Å². The third-order valence-corrected chi connectivity index (χ3v) is 4.24. The largest absolute Gasteiger partial charge is 0.352 e. The van der Waals surface area contributed by atoms with Gasteiger partial charge in [0.25, 0.3) is 0 Å². The number of aliphatic imine (C=N–C) groups is 1. The normalized spacial score (nSPS) is 17.1. The van der Waals surface area contributed by atoms with Gasteiger partial charge in [0.05, 0.1) is 0 Å². The molecular formula is C18H30FIN4. The molecule has 1 saturated heterocycles. The lowest BCUT2D eigenvalue weighted by Gasteiger charge is -2.24. The van der Waals surface area contributed by atoms with Gasteiger partial charge in [-0.1, -0.05) is 19.9 Å². The minimum absolute atomic E-state index is 0. The highest BCUT2D eigenvalue weighted by molar-refractivity contribution is 14.0. The van der Waals surface area contributed by atoms with Crippen molar-refractivity contribution in [3.05, 3.63) is 35.1 Å². The van der Waals surface area contributed by atoms with Crippen LogP contribution in [-0.4, -0.2) is 50.0 Å². The van der Waals surface area contributed by atoms with Crippen LogP contribution in [0.1, 0.15) is 31.4 Å². The number of likely N-dealkylation sites (tertiary alicyclic amines) is 1. The summed E-state index contributed by atoms with van der Waals surface area (Å²) in [4.78, 5) is 8.66. The second-order valence-electron chi connectivity index (χ2n) is 7.40. The Bertz CT molecular complexity index is 572. The molecule has 1 aliphatic rings. The number of halogens is 2. The van der Waals surface area contributed by atoms with Crippen molar-refractivity contribution in [1.29, 1.82) is 0 Å². The van der Waals surface area contributed by atoms with Crippen LogP contribution in [0.15, 0.2) is 23.2 Å². The lowest BCUT2D eigenvalue weighted by Crippen LogP contribution is -2.40. The molecule has 1 aromatic rings. The molecule has 0 spiro atoms. The van der Waals surface area contributed by atoms with Gasteiger partial charge in [-0.25, -0.2) is 4.39 Å². The summed E-state index contributed by atoms with van der Waals surface area (Å²) in [5.41, 5.74) is 2.14. The Morgan fingerprint density at radius 1 is 1.38 bits per heavy atom. The highest BCUT2D eigenvalue weighted by atomic mass is 127. The van der Waals surface area contributed by atoms with Gasteiger partial charge in [0.15, 0.2) is 5.96 Å². The van der Waals surface area contributed by atoms with E-state index in [-0.39, 0.29) is 29.8 Å². The predicted octanol–water partition coefficient (Wildman–Crippen LogP) is 3.31. The molecule has 4 nitrogen and oxygen atoms in total. The van der Waals surface area contributed by atoms with Gasteiger partial charge in [0.1, 0.15) is 5.82 Å². The molecule has 136 valence electrons. The minimum atomic E-state index is -0.145.